The van der Waals surface area contributed by atoms with Crippen LogP contribution in [0.5, 0.6) is 0 Å². The highest BCUT2D eigenvalue weighted by Gasteiger charge is 2.34. The molecule has 1 unspecified atom stereocenters. The van der Waals surface area contributed by atoms with Crippen LogP contribution in [0, 0.1) is 6.92 Å². The molecule has 0 amide bonds. The number of benzene rings is 3. The Bertz CT molecular complexity index is 1400. The first-order chi connectivity index (χ1) is 17.5. The predicted molar refractivity (Wildman–Crippen MR) is 150 cm³/mol. The standard InChI is InChI=1S/C30H30N4OS/c1-5-21-9-15-23(16-10-21)27-26(29-32-28(33-35-29)24-13-7-19(3)8-14-24)20(4)34(30(36)31-27)25-17-11-22(6-2)12-18-25/h7-18,27H,5-6H2,1-4H3,(H,31,36). The van der Waals surface area contributed by atoms with Crippen LogP contribution in [0.25, 0.3) is 17.0 Å². The van der Waals surface area contributed by atoms with Crippen LogP contribution in [0.4, 0.5) is 5.69 Å². The van der Waals surface area contributed by atoms with Crippen LogP contribution in [0.3, 0.4) is 0 Å². The van der Waals surface area contributed by atoms with Gasteiger partial charge in [0.15, 0.2) is 5.11 Å². The van der Waals surface area contributed by atoms with E-state index in [0.717, 1.165) is 40.9 Å². The summed E-state index contributed by atoms with van der Waals surface area (Å²) in [6, 6.07) is 25.0. The van der Waals surface area contributed by atoms with Gasteiger partial charge in [0.05, 0.1) is 11.6 Å². The van der Waals surface area contributed by atoms with Gasteiger partial charge in [0.2, 0.25) is 5.82 Å². The molecule has 3 aromatic carbocycles. The van der Waals surface area contributed by atoms with Gasteiger partial charge in [0.25, 0.3) is 5.89 Å². The maximum Gasteiger partial charge on any atom is 0.258 e. The van der Waals surface area contributed by atoms with Crippen molar-refractivity contribution in [3.8, 4) is 11.4 Å². The summed E-state index contributed by atoms with van der Waals surface area (Å²) in [5.74, 6) is 1.05. The summed E-state index contributed by atoms with van der Waals surface area (Å²) in [5, 5.41) is 8.52. The quantitative estimate of drug-likeness (QED) is 0.290. The van der Waals surface area contributed by atoms with Gasteiger partial charge < -0.3 is 9.84 Å². The number of anilines is 1. The summed E-state index contributed by atoms with van der Waals surface area (Å²) in [4.78, 5) is 6.88. The summed E-state index contributed by atoms with van der Waals surface area (Å²) in [6.45, 7) is 8.44. The Morgan fingerprint density at radius 3 is 2.08 bits per heavy atom. The van der Waals surface area contributed by atoms with Crippen molar-refractivity contribution in [3.05, 3.63) is 107 Å². The Morgan fingerprint density at radius 1 is 0.861 bits per heavy atom. The van der Waals surface area contributed by atoms with Gasteiger partial charge >= 0.3 is 0 Å². The first kappa shape index (κ1) is 23.9. The summed E-state index contributed by atoms with van der Waals surface area (Å²) in [5.41, 5.74) is 8.65. The highest BCUT2D eigenvalue weighted by atomic mass is 32.1. The van der Waals surface area contributed by atoms with E-state index in [0.29, 0.717) is 16.8 Å². The molecule has 0 radical (unpaired) electrons. The number of allylic oxidation sites excluding steroid dienone is 1. The predicted octanol–water partition coefficient (Wildman–Crippen LogP) is 7.04. The third-order valence-electron chi connectivity index (χ3n) is 6.78. The summed E-state index contributed by atoms with van der Waals surface area (Å²) in [7, 11) is 0. The minimum Gasteiger partial charge on any atom is -0.351 e. The monoisotopic (exact) mass is 494 g/mol. The topological polar surface area (TPSA) is 54.2 Å². The van der Waals surface area contributed by atoms with Gasteiger partial charge in [-0.15, -0.1) is 0 Å². The van der Waals surface area contributed by atoms with Crippen LogP contribution in [0.2, 0.25) is 0 Å². The average molecular weight is 495 g/mol. The Kier molecular flexibility index (Phi) is 6.70. The lowest BCUT2D eigenvalue weighted by atomic mass is 9.93. The minimum absolute atomic E-state index is 0.208. The third-order valence-corrected chi connectivity index (χ3v) is 7.08. The van der Waals surface area contributed by atoms with E-state index in [2.05, 4.69) is 104 Å². The number of hydrogen-bond donors (Lipinski definition) is 1. The zero-order chi connectivity index (χ0) is 25.2. The normalized spacial score (nSPS) is 15.8. The van der Waals surface area contributed by atoms with Gasteiger partial charge in [-0.25, -0.2) is 0 Å². The lowest BCUT2D eigenvalue weighted by Gasteiger charge is -2.37. The molecule has 0 saturated carbocycles. The molecular formula is C30H30N4OS. The van der Waals surface area contributed by atoms with E-state index in [1.165, 1.54) is 16.7 Å². The minimum atomic E-state index is -0.208. The van der Waals surface area contributed by atoms with Gasteiger partial charge in [-0.2, -0.15) is 4.98 Å². The Labute approximate surface area is 217 Å². The highest BCUT2D eigenvalue weighted by molar-refractivity contribution is 7.80. The molecule has 1 atom stereocenters. The molecule has 5 nitrogen and oxygen atoms in total. The van der Waals surface area contributed by atoms with E-state index in [1.54, 1.807) is 0 Å². The number of nitrogens with zero attached hydrogens (tertiary/aromatic N) is 3. The molecule has 1 aromatic heterocycles. The molecule has 1 aliphatic rings. The van der Waals surface area contributed by atoms with Crippen LogP contribution in [0.15, 0.2) is 83.0 Å². The number of thiocarbonyl (C=S) groups is 1. The number of hydrogen-bond acceptors (Lipinski definition) is 4. The molecule has 1 aliphatic heterocycles. The molecule has 0 fully saturated rings. The molecule has 2 heterocycles. The first-order valence-corrected chi connectivity index (χ1v) is 12.8. The van der Waals surface area contributed by atoms with Gasteiger partial charge in [0.1, 0.15) is 0 Å². The first-order valence-electron chi connectivity index (χ1n) is 12.4. The zero-order valence-electron chi connectivity index (χ0n) is 21.1. The van der Waals surface area contributed by atoms with E-state index in [-0.39, 0.29) is 6.04 Å². The second-order valence-electron chi connectivity index (χ2n) is 9.12. The molecular weight excluding hydrogens is 464 g/mol. The van der Waals surface area contributed by atoms with Crippen molar-refractivity contribution in [2.45, 2.75) is 46.6 Å². The van der Waals surface area contributed by atoms with Crippen molar-refractivity contribution < 1.29 is 4.52 Å². The molecule has 0 bridgehead atoms. The van der Waals surface area contributed by atoms with E-state index in [9.17, 15) is 0 Å². The zero-order valence-corrected chi connectivity index (χ0v) is 21.9. The van der Waals surface area contributed by atoms with Gasteiger partial charge in [-0.05, 0) is 67.7 Å². The number of aromatic nitrogens is 2. The molecule has 0 saturated heterocycles. The molecule has 0 aliphatic carbocycles. The molecule has 4 aromatic rings. The maximum absolute atomic E-state index is 5.88. The Balaban J connectivity index is 1.62. The van der Waals surface area contributed by atoms with Crippen LogP contribution in [-0.2, 0) is 12.8 Å². The molecule has 6 heteroatoms. The van der Waals surface area contributed by atoms with Gasteiger partial charge in [-0.3, -0.25) is 4.90 Å². The van der Waals surface area contributed by atoms with Gasteiger partial charge in [0, 0.05) is 16.9 Å². The van der Waals surface area contributed by atoms with Crippen molar-refractivity contribution >= 4 is 28.6 Å². The molecule has 36 heavy (non-hydrogen) atoms. The maximum atomic E-state index is 5.88. The fourth-order valence-electron chi connectivity index (χ4n) is 4.56. The Morgan fingerprint density at radius 2 is 1.47 bits per heavy atom. The fraction of sp³-hybridized carbons (Fsp3) is 0.233. The van der Waals surface area contributed by atoms with Crippen LogP contribution >= 0.6 is 12.2 Å². The lowest BCUT2D eigenvalue weighted by molar-refractivity contribution is 0.404. The largest absolute Gasteiger partial charge is 0.351 e. The highest BCUT2D eigenvalue weighted by Crippen LogP contribution is 2.39. The van der Waals surface area contributed by atoms with Crippen molar-refractivity contribution in [1.29, 1.82) is 0 Å². The number of nitrogens with one attached hydrogen (secondary N) is 1. The lowest BCUT2D eigenvalue weighted by Crippen LogP contribution is -2.46. The van der Waals surface area contributed by atoms with Crippen LogP contribution < -0.4 is 10.2 Å². The summed E-state index contributed by atoms with van der Waals surface area (Å²) < 4.78 is 5.88. The molecule has 5 rings (SSSR count). The van der Waals surface area contributed by atoms with Crippen molar-refractivity contribution in [2.24, 2.45) is 0 Å². The van der Waals surface area contributed by atoms with Crippen molar-refractivity contribution in [1.82, 2.24) is 15.5 Å². The van der Waals surface area contributed by atoms with E-state index >= 15 is 0 Å². The number of rotatable bonds is 6. The third kappa shape index (κ3) is 4.56. The second-order valence-corrected chi connectivity index (χ2v) is 9.51. The molecule has 182 valence electrons. The van der Waals surface area contributed by atoms with Crippen molar-refractivity contribution in [3.63, 3.8) is 0 Å². The van der Waals surface area contributed by atoms with Crippen molar-refractivity contribution in [2.75, 3.05) is 4.90 Å². The van der Waals surface area contributed by atoms with E-state index in [1.807, 2.05) is 12.1 Å². The van der Waals surface area contributed by atoms with E-state index < -0.39 is 0 Å². The van der Waals surface area contributed by atoms with Crippen LogP contribution in [0.1, 0.15) is 55.0 Å². The SMILES string of the molecule is CCc1ccc(C2NC(=S)N(c3ccc(CC)cc3)C(C)=C2c2nc(-c3ccc(C)cc3)no2)cc1. The fourth-order valence-corrected chi connectivity index (χ4v) is 4.92. The molecule has 1 N–H and O–H groups in total. The number of aryl methyl sites for hydroxylation is 3. The van der Waals surface area contributed by atoms with E-state index in [4.69, 9.17) is 21.7 Å². The summed E-state index contributed by atoms with van der Waals surface area (Å²) in [6.07, 6.45) is 1.98. The average Bonchev–Trinajstić information content (AvgIpc) is 3.39. The smallest absolute Gasteiger partial charge is 0.258 e. The summed E-state index contributed by atoms with van der Waals surface area (Å²) >= 11 is 5.88. The van der Waals surface area contributed by atoms with Gasteiger partial charge in [-0.1, -0.05) is 85.2 Å². The Hall–Kier alpha value is -3.77. The van der Waals surface area contributed by atoms with Crippen LogP contribution in [-0.4, -0.2) is 15.3 Å². The molecule has 0 spiro atoms. The second kappa shape index (κ2) is 10.1.